The van der Waals surface area contributed by atoms with Crippen molar-refractivity contribution in [3.05, 3.63) is 119 Å². The van der Waals surface area contributed by atoms with Crippen LogP contribution in [-0.4, -0.2) is 13.7 Å². The molecule has 1 aromatic heterocycles. The highest BCUT2D eigenvalue weighted by Crippen LogP contribution is 2.16. The molecule has 4 rings (SSSR count). The van der Waals surface area contributed by atoms with Gasteiger partial charge >= 0.3 is 17.1 Å². The minimum absolute atomic E-state index is 0.212. The summed E-state index contributed by atoms with van der Waals surface area (Å²) < 4.78 is 2.61. The molecule has 3 aromatic carbocycles. The van der Waals surface area contributed by atoms with Gasteiger partial charge in [0.2, 0.25) is 0 Å². The molecule has 0 radical (unpaired) electrons. The summed E-state index contributed by atoms with van der Waals surface area (Å²) in [7, 11) is 0. The Hall–Kier alpha value is -3.06. The van der Waals surface area contributed by atoms with Gasteiger partial charge < -0.3 is 0 Å². The lowest BCUT2D eigenvalue weighted by atomic mass is 10.3. The summed E-state index contributed by atoms with van der Waals surface area (Å²) in [5.74, 6) is 0. The fourth-order valence-electron chi connectivity index (χ4n) is 3.05. The van der Waals surface area contributed by atoms with Crippen molar-refractivity contribution in [1.29, 1.82) is 0 Å². The zero-order valence-corrected chi connectivity index (χ0v) is 17.4. The maximum Gasteiger partial charge on any atom is 0.345 e. The van der Waals surface area contributed by atoms with Crippen molar-refractivity contribution in [2.75, 3.05) is 0 Å². The van der Waals surface area contributed by atoms with Gasteiger partial charge in [0, 0.05) is 15.1 Å². The van der Waals surface area contributed by atoms with Crippen LogP contribution in [0.1, 0.15) is 0 Å². The van der Waals surface area contributed by atoms with E-state index in [1.807, 2.05) is 0 Å². The Bertz CT molecular complexity index is 1250. The van der Waals surface area contributed by atoms with Gasteiger partial charge in [-0.05, 0) is 54.6 Å². The van der Waals surface area contributed by atoms with E-state index in [4.69, 9.17) is 34.8 Å². The molecule has 0 aliphatic rings. The zero-order chi connectivity index (χ0) is 21.4. The Morgan fingerprint density at radius 3 is 0.967 bits per heavy atom. The minimum Gasteiger partial charge on any atom is -0.246 e. The van der Waals surface area contributed by atoms with Crippen LogP contribution in [0.3, 0.4) is 0 Å². The van der Waals surface area contributed by atoms with Gasteiger partial charge in [-0.15, -0.1) is 0 Å². The van der Waals surface area contributed by atoms with E-state index in [-0.39, 0.29) is 17.1 Å². The molecule has 0 unspecified atom stereocenters. The highest BCUT2D eigenvalue weighted by molar-refractivity contribution is 6.31. The van der Waals surface area contributed by atoms with Gasteiger partial charge in [-0.25, -0.2) is 28.1 Å². The topological polar surface area (TPSA) is 66.0 Å². The average molecular weight is 461 g/mol. The first-order chi connectivity index (χ1) is 14.4. The van der Waals surface area contributed by atoms with E-state index in [1.54, 1.807) is 54.6 Å². The molecule has 0 bridgehead atoms. The normalized spacial score (nSPS) is 10.9. The quantitative estimate of drug-likeness (QED) is 0.462. The second-order valence-corrected chi connectivity index (χ2v) is 7.60. The molecule has 0 N–H and O–H groups in total. The summed E-state index contributed by atoms with van der Waals surface area (Å²) >= 11 is 18.2. The van der Waals surface area contributed by atoms with Crippen molar-refractivity contribution in [3.8, 4) is 17.1 Å². The first kappa shape index (κ1) is 20.2. The number of rotatable bonds is 3. The third-order valence-corrected chi connectivity index (χ3v) is 5.05. The predicted molar refractivity (Wildman–Crippen MR) is 118 cm³/mol. The van der Waals surface area contributed by atoms with Gasteiger partial charge in [0.1, 0.15) is 0 Å². The standard InChI is InChI=1S/C21H12Cl3N3O3/c22-13-4-1-7-16(10-13)25-19(28)26(17-8-2-5-14(23)11-17)21(30)27(20(25)29)18-9-3-6-15(24)12-18/h1-12H. The molecule has 6 nitrogen and oxygen atoms in total. The highest BCUT2D eigenvalue weighted by Gasteiger charge is 2.19. The van der Waals surface area contributed by atoms with E-state index in [1.165, 1.54) is 18.2 Å². The van der Waals surface area contributed by atoms with Crippen LogP contribution in [0.25, 0.3) is 17.1 Å². The molecule has 0 spiro atoms. The van der Waals surface area contributed by atoms with Crippen LogP contribution < -0.4 is 17.1 Å². The molecule has 0 atom stereocenters. The number of nitrogens with zero attached hydrogens (tertiary/aromatic N) is 3. The molecule has 0 aliphatic carbocycles. The summed E-state index contributed by atoms with van der Waals surface area (Å²) in [6, 6.07) is 18.6. The minimum atomic E-state index is -0.854. The fourth-order valence-corrected chi connectivity index (χ4v) is 3.61. The summed E-state index contributed by atoms with van der Waals surface area (Å²) in [5, 5.41) is 0.982. The van der Waals surface area contributed by atoms with Crippen molar-refractivity contribution in [2.24, 2.45) is 0 Å². The van der Waals surface area contributed by atoms with Gasteiger partial charge in [-0.2, -0.15) is 0 Å². The van der Waals surface area contributed by atoms with Crippen molar-refractivity contribution < 1.29 is 0 Å². The van der Waals surface area contributed by atoms with Gasteiger partial charge in [0.05, 0.1) is 17.1 Å². The van der Waals surface area contributed by atoms with Gasteiger partial charge in [0.15, 0.2) is 0 Å². The van der Waals surface area contributed by atoms with E-state index in [0.29, 0.717) is 15.1 Å². The van der Waals surface area contributed by atoms with Crippen LogP contribution in [0.5, 0.6) is 0 Å². The second-order valence-electron chi connectivity index (χ2n) is 6.29. The number of aromatic nitrogens is 3. The SMILES string of the molecule is O=c1n(-c2cccc(Cl)c2)c(=O)n(-c2cccc(Cl)c2)c(=O)n1-c1cccc(Cl)c1. The Morgan fingerprint density at radius 2 is 0.733 bits per heavy atom. The molecule has 0 saturated carbocycles. The fraction of sp³-hybridized carbons (Fsp3) is 0. The largest absolute Gasteiger partial charge is 0.345 e. The molecule has 4 aromatic rings. The highest BCUT2D eigenvalue weighted by atomic mass is 35.5. The van der Waals surface area contributed by atoms with Crippen molar-refractivity contribution >= 4 is 34.8 Å². The molecular weight excluding hydrogens is 449 g/mol. The molecule has 0 saturated heterocycles. The molecule has 150 valence electrons. The third kappa shape index (κ3) is 3.61. The first-order valence-corrected chi connectivity index (χ1v) is 9.79. The van der Waals surface area contributed by atoms with Crippen LogP contribution in [0.4, 0.5) is 0 Å². The first-order valence-electron chi connectivity index (χ1n) is 8.66. The van der Waals surface area contributed by atoms with E-state index < -0.39 is 17.1 Å². The molecule has 0 amide bonds. The summed E-state index contributed by atoms with van der Waals surface area (Å²) in [5.41, 5.74) is -1.93. The number of benzene rings is 3. The Kier molecular flexibility index (Phi) is 5.39. The molecule has 30 heavy (non-hydrogen) atoms. The molecule has 0 fully saturated rings. The van der Waals surface area contributed by atoms with Crippen LogP contribution in [0.15, 0.2) is 87.2 Å². The van der Waals surface area contributed by atoms with Gasteiger partial charge in [-0.1, -0.05) is 53.0 Å². The second kappa shape index (κ2) is 7.99. The lowest BCUT2D eigenvalue weighted by molar-refractivity contribution is 0.659. The van der Waals surface area contributed by atoms with E-state index in [2.05, 4.69) is 0 Å². The van der Waals surface area contributed by atoms with Crippen LogP contribution >= 0.6 is 34.8 Å². The van der Waals surface area contributed by atoms with Crippen LogP contribution in [0.2, 0.25) is 15.1 Å². The molecule has 1 heterocycles. The summed E-state index contributed by atoms with van der Waals surface area (Å²) in [6.45, 7) is 0. The van der Waals surface area contributed by atoms with Crippen molar-refractivity contribution in [2.45, 2.75) is 0 Å². The molecule has 9 heteroatoms. The average Bonchev–Trinajstić information content (AvgIpc) is 2.68. The lowest BCUT2D eigenvalue weighted by Gasteiger charge is -2.14. The maximum atomic E-state index is 13.3. The predicted octanol–water partition coefficient (Wildman–Crippen LogP) is 4.10. The maximum absolute atomic E-state index is 13.3. The number of halogens is 3. The van der Waals surface area contributed by atoms with Crippen LogP contribution in [0, 0.1) is 0 Å². The van der Waals surface area contributed by atoms with Crippen molar-refractivity contribution in [1.82, 2.24) is 13.7 Å². The van der Waals surface area contributed by atoms with Gasteiger partial charge in [0.25, 0.3) is 0 Å². The number of hydrogen-bond donors (Lipinski definition) is 0. The Labute approximate surface area is 184 Å². The van der Waals surface area contributed by atoms with Gasteiger partial charge in [-0.3, -0.25) is 0 Å². The Morgan fingerprint density at radius 1 is 0.467 bits per heavy atom. The number of hydrogen-bond acceptors (Lipinski definition) is 3. The Balaban J connectivity index is 2.18. The van der Waals surface area contributed by atoms with E-state index in [9.17, 15) is 14.4 Å². The van der Waals surface area contributed by atoms with Crippen molar-refractivity contribution in [3.63, 3.8) is 0 Å². The summed E-state index contributed by atoms with van der Waals surface area (Å²) in [4.78, 5) is 39.9. The monoisotopic (exact) mass is 459 g/mol. The lowest BCUT2D eigenvalue weighted by Crippen LogP contribution is -2.52. The van der Waals surface area contributed by atoms with E-state index in [0.717, 1.165) is 13.7 Å². The third-order valence-electron chi connectivity index (χ3n) is 4.35. The summed E-state index contributed by atoms with van der Waals surface area (Å²) in [6.07, 6.45) is 0. The zero-order valence-electron chi connectivity index (χ0n) is 15.1. The van der Waals surface area contributed by atoms with E-state index >= 15 is 0 Å². The van der Waals surface area contributed by atoms with Crippen LogP contribution in [-0.2, 0) is 0 Å². The molecule has 0 aliphatic heterocycles. The molecular formula is C21H12Cl3N3O3. The smallest absolute Gasteiger partial charge is 0.246 e.